The van der Waals surface area contributed by atoms with Gasteiger partial charge >= 0.3 is 7.75 Å². The van der Waals surface area contributed by atoms with Crippen LogP contribution < -0.4 is 14.1 Å². The zero-order valence-corrected chi connectivity index (χ0v) is 18.2. The molecule has 6 nitrogen and oxygen atoms in total. The molecule has 0 saturated carbocycles. The van der Waals surface area contributed by atoms with Gasteiger partial charge < -0.3 is 9.05 Å². The standard InChI is InChI=1S/C26H18NO5P/c28-25-20-14-7-8-15-21(20)26(29)24-22(25)16-9-17-23(24)27-33(30,31-18-10-3-1-4-11-18)32-19-12-5-2-6-13-19/h1-17H,(H,27,30). The topological polar surface area (TPSA) is 81.7 Å². The van der Waals surface area contributed by atoms with Gasteiger partial charge in [0.15, 0.2) is 11.6 Å². The smallest absolute Gasteiger partial charge is 0.400 e. The van der Waals surface area contributed by atoms with Crippen LogP contribution in [-0.4, -0.2) is 11.6 Å². The third kappa shape index (κ3) is 4.04. The Kier molecular flexibility index (Phi) is 5.29. The van der Waals surface area contributed by atoms with Crippen molar-refractivity contribution in [1.29, 1.82) is 0 Å². The molecule has 7 heteroatoms. The van der Waals surface area contributed by atoms with Crippen LogP contribution in [0.3, 0.4) is 0 Å². The molecule has 0 aliphatic heterocycles. The number of ketones is 2. The summed E-state index contributed by atoms with van der Waals surface area (Å²) in [6, 6.07) is 28.6. The first kappa shape index (κ1) is 20.7. The summed E-state index contributed by atoms with van der Waals surface area (Å²) in [5.41, 5.74) is 1.20. The lowest BCUT2D eigenvalue weighted by molar-refractivity contribution is 0.0979. The molecule has 0 amide bonds. The van der Waals surface area contributed by atoms with Crippen LogP contribution in [0, 0.1) is 0 Å². The van der Waals surface area contributed by atoms with Gasteiger partial charge in [0.25, 0.3) is 0 Å². The van der Waals surface area contributed by atoms with E-state index in [0.29, 0.717) is 22.6 Å². The Labute approximate surface area is 190 Å². The van der Waals surface area contributed by atoms with Crippen LogP contribution in [0.25, 0.3) is 0 Å². The Morgan fingerprint density at radius 2 is 1.03 bits per heavy atom. The van der Waals surface area contributed by atoms with E-state index in [0.717, 1.165) is 0 Å². The third-order valence-electron chi connectivity index (χ3n) is 5.15. The molecule has 1 aliphatic carbocycles. The fourth-order valence-electron chi connectivity index (χ4n) is 3.69. The summed E-state index contributed by atoms with van der Waals surface area (Å²) in [5, 5.41) is 2.80. The SMILES string of the molecule is O=C1c2ccccc2C(=O)c2c(NP(=O)(Oc3ccccc3)Oc3ccccc3)cccc21. The molecule has 0 radical (unpaired) electrons. The highest BCUT2D eigenvalue weighted by molar-refractivity contribution is 7.56. The van der Waals surface area contributed by atoms with Crippen molar-refractivity contribution in [3.8, 4) is 11.5 Å². The predicted molar refractivity (Wildman–Crippen MR) is 125 cm³/mol. The molecule has 0 aromatic heterocycles. The van der Waals surface area contributed by atoms with E-state index >= 15 is 0 Å². The first-order chi connectivity index (χ1) is 16.0. The second-order valence-electron chi connectivity index (χ2n) is 7.35. The molecule has 0 heterocycles. The monoisotopic (exact) mass is 455 g/mol. The summed E-state index contributed by atoms with van der Waals surface area (Å²) in [7, 11) is -4.08. The van der Waals surface area contributed by atoms with Crippen molar-refractivity contribution in [1.82, 2.24) is 0 Å². The molecule has 4 aromatic rings. The number of carbonyl (C=O) groups excluding carboxylic acids is 2. The van der Waals surface area contributed by atoms with E-state index in [1.54, 1.807) is 103 Å². The maximum atomic E-state index is 13.9. The van der Waals surface area contributed by atoms with Gasteiger partial charge in [0.1, 0.15) is 11.5 Å². The second-order valence-corrected chi connectivity index (χ2v) is 8.93. The van der Waals surface area contributed by atoms with Crippen LogP contribution in [0.2, 0.25) is 0 Å². The van der Waals surface area contributed by atoms with Crippen LogP contribution in [0.4, 0.5) is 5.69 Å². The lowest BCUT2D eigenvalue weighted by Crippen LogP contribution is -2.23. The molecule has 1 aliphatic rings. The quantitative estimate of drug-likeness (QED) is 0.310. The molecule has 0 saturated heterocycles. The Morgan fingerprint density at radius 1 is 0.545 bits per heavy atom. The van der Waals surface area contributed by atoms with Crippen molar-refractivity contribution in [3.05, 3.63) is 125 Å². The number of rotatable bonds is 6. The highest BCUT2D eigenvalue weighted by atomic mass is 31.2. The highest BCUT2D eigenvalue weighted by Crippen LogP contribution is 2.49. The maximum Gasteiger partial charge on any atom is 0.541 e. The molecule has 0 fully saturated rings. The van der Waals surface area contributed by atoms with E-state index in [9.17, 15) is 14.2 Å². The van der Waals surface area contributed by atoms with Crippen LogP contribution in [-0.2, 0) is 4.57 Å². The minimum Gasteiger partial charge on any atom is -0.400 e. The summed E-state index contributed by atoms with van der Waals surface area (Å²) in [6.07, 6.45) is 0. The van der Waals surface area contributed by atoms with Gasteiger partial charge in [-0.1, -0.05) is 72.8 Å². The number of nitrogens with one attached hydrogen (secondary N) is 1. The average Bonchev–Trinajstić information content (AvgIpc) is 2.83. The summed E-state index contributed by atoms with van der Waals surface area (Å²) in [6.45, 7) is 0. The first-order valence-corrected chi connectivity index (χ1v) is 11.8. The number of hydrogen-bond acceptors (Lipinski definition) is 5. The van der Waals surface area contributed by atoms with Gasteiger partial charge in [-0.25, -0.2) is 4.57 Å². The van der Waals surface area contributed by atoms with Crippen LogP contribution in [0.5, 0.6) is 11.5 Å². The molecule has 162 valence electrons. The zero-order valence-electron chi connectivity index (χ0n) is 17.3. The molecule has 1 N–H and O–H groups in total. The van der Waals surface area contributed by atoms with E-state index in [2.05, 4.69) is 5.09 Å². The Bertz CT molecular complexity index is 1360. The molecule has 0 bridgehead atoms. The molecule has 4 aromatic carbocycles. The lowest BCUT2D eigenvalue weighted by atomic mass is 9.83. The molecule has 0 spiro atoms. The number of fused-ring (bicyclic) bond motifs is 2. The van der Waals surface area contributed by atoms with Gasteiger partial charge in [-0.05, 0) is 30.3 Å². The minimum atomic E-state index is -4.08. The Balaban J connectivity index is 1.57. The molecule has 0 unspecified atom stereocenters. The van der Waals surface area contributed by atoms with E-state index in [1.807, 2.05) is 0 Å². The van der Waals surface area contributed by atoms with Gasteiger partial charge in [0, 0.05) is 16.7 Å². The summed E-state index contributed by atoms with van der Waals surface area (Å²) in [4.78, 5) is 26.4. The Hall–Kier alpha value is -4.15. The van der Waals surface area contributed by atoms with Gasteiger partial charge in [-0.3, -0.25) is 14.7 Å². The molecular weight excluding hydrogens is 437 g/mol. The molecule has 5 rings (SSSR count). The van der Waals surface area contributed by atoms with Crippen molar-refractivity contribution >= 4 is 25.0 Å². The number of anilines is 1. The van der Waals surface area contributed by atoms with Crippen molar-refractivity contribution in [2.75, 3.05) is 5.09 Å². The van der Waals surface area contributed by atoms with Crippen molar-refractivity contribution in [2.24, 2.45) is 0 Å². The van der Waals surface area contributed by atoms with E-state index < -0.39 is 7.75 Å². The van der Waals surface area contributed by atoms with Crippen molar-refractivity contribution < 1.29 is 23.2 Å². The number of para-hydroxylation sites is 2. The third-order valence-corrected chi connectivity index (χ3v) is 6.56. The largest absolute Gasteiger partial charge is 0.541 e. The van der Waals surface area contributed by atoms with E-state index in [1.165, 1.54) is 0 Å². The second kappa shape index (κ2) is 8.41. The fraction of sp³-hybridized carbons (Fsp3) is 0. The lowest BCUT2D eigenvalue weighted by Gasteiger charge is -2.24. The highest BCUT2D eigenvalue weighted by Gasteiger charge is 2.35. The van der Waals surface area contributed by atoms with Gasteiger partial charge in [0.2, 0.25) is 0 Å². The maximum absolute atomic E-state index is 13.9. The van der Waals surface area contributed by atoms with Gasteiger partial charge in [-0.2, -0.15) is 0 Å². The van der Waals surface area contributed by atoms with Crippen molar-refractivity contribution in [2.45, 2.75) is 0 Å². The molecular formula is C26H18NO5P. The van der Waals surface area contributed by atoms with Crippen LogP contribution >= 0.6 is 7.75 Å². The summed E-state index contributed by atoms with van der Waals surface area (Å²) in [5.74, 6) is 0.0320. The summed E-state index contributed by atoms with van der Waals surface area (Å²) >= 11 is 0. The number of hydrogen-bond donors (Lipinski definition) is 1. The average molecular weight is 455 g/mol. The van der Waals surface area contributed by atoms with Crippen LogP contribution in [0.15, 0.2) is 103 Å². The molecule has 0 atom stereocenters. The number of benzene rings is 4. The van der Waals surface area contributed by atoms with E-state index in [-0.39, 0.29) is 28.4 Å². The fourth-order valence-corrected chi connectivity index (χ4v) is 5.10. The van der Waals surface area contributed by atoms with Crippen LogP contribution in [0.1, 0.15) is 31.8 Å². The minimum absolute atomic E-state index is 0.134. The first-order valence-electron chi connectivity index (χ1n) is 10.2. The normalized spacial score (nSPS) is 12.5. The van der Waals surface area contributed by atoms with E-state index in [4.69, 9.17) is 9.05 Å². The van der Waals surface area contributed by atoms with Gasteiger partial charge in [0.05, 0.1) is 11.3 Å². The summed E-state index contributed by atoms with van der Waals surface area (Å²) < 4.78 is 25.4. The predicted octanol–water partition coefficient (Wildman–Crippen LogP) is 6.14. The Morgan fingerprint density at radius 3 is 1.61 bits per heavy atom. The molecule has 33 heavy (non-hydrogen) atoms. The van der Waals surface area contributed by atoms with Crippen molar-refractivity contribution in [3.63, 3.8) is 0 Å². The number of carbonyl (C=O) groups is 2. The zero-order chi connectivity index (χ0) is 22.8. The van der Waals surface area contributed by atoms with Gasteiger partial charge in [-0.15, -0.1) is 0 Å².